The van der Waals surface area contributed by atoms with Gasteiger partial charge in [-0.1, -0.05) is 71.6 Å². The summed E-state index contributed by atoms with van der Waals surface area (Å²) in [7, 11) is 0. The molecule has 0 radical (unpaired) electrons. The largest absolute Gasteiger partial charge is 0.456 e. The highest BCUT2D eigenvalue weighted by atomic mass is 16.6. The molecule has 0 fully saturated rings. The van der Waals surface area contributed by atoms with Gasteiger partial charge in [-0.05, 0) is 56.0 Å². The molecular weight excluding hydrogens is 508 g/mol. The predicted molar refractivity (Wildman–Crippen MR) is 169 cm³/mol. The summed E-state index contributed by atoms with van der Waals surface area (Å²) in [6.45, 7) is 13.0. The van der Waals surface area contributed by atoms with Gasteiger partial charge in [0.25, 0.3) is 0 Å². The normalized spacial score (nSPS) is 14.2. The Morgan fingerprint density at radius 2 is 1.07 bits per heavy atom. The molecule has 0 N–H and O–H groups in total. The van der Waals surface area contributed by atoms with Gasteiger partial charge < -0.3 is 19.3 Å². The van der Waals surface area contributed by atoms with Crippen molar-refractivity contribution in [3.8, 4) is 11.5 Å². The highest BCUT2D eigenvalue weighted by Gasteiger charge is 2.53. The Bertz CT molecular complexity index is 1260. The second-order valence-electron chi connectivity index (χ2n) is 11.5. The molecule has 2 aliphatic rings. The fourth-order valence-electron chi connectivity index (χ4n) is 6.18. The second kappa shape index (κ2) is 13.0. The van der Waals surface area contributed by atoms with Gasteiger partial charge in [0.1, 0.15) is 11.5 Å². The number of fused-ring (bicyclic) bond motifs is 6. The van der Waals surface area contributed by atoms with Crippen LogP contribution in [0.15, 0.2) is 60.7 Å². The molecule has 2 aliphatic heterocycles. The predicted octanol–water partition coefficient (Wildman–Crippen LogP) is 9.07. The van der Waals surface area contributed by atoms with E-state index in [9.17, 15) is 4.79 Å². The van der Waals surface area contributed by atoms with E-state index < -0.39 is 5.60 Å². The molecule has 2 heterocycles. The van der Waals surface area contributed by atoms with Crippen LogP contribution in [0.1, 0.15) is 106 Å². The van der Waals surface area contributed by atoms with Gasteiger partial charge in [0, 0.05) is 66.4 Å². The van der Waals surface area contributed by atoms with E-state index in [1.165, 1.54) is 0 Å². The van der Waals surface area contributed by atoms with Crippen LogP contribution < -0.4 is 14.5 Å². The molecule has 3 aromatic carbocycles. The molecule has 5 nitrogen and oxygen atoms in total. The van der Waals surface area contributed by atoms with E-state index in [-0.39, 0.29) is 5.97 Å². The highest BCUT2D eigenvalue weighted by molar-refractivity contribution is 5.97. The van der Waals surface area contributed by atoms with E-state index in [4.69, 9.17) is 9.47 Å². The second-order valence-corrected chi connectivity index (χ2v) is 11.5. The minimum absolute atomic E-state index is 0.285. The summed E-state index contributed by atoms with van der Waals surface area (Å²) in [5.74, 6) is 1.25. The zero-order valence-corrected chi connectivity index (χ0v) is 25.4. The number of carbonyl (C=O) groups excluding carboxylic acids is 1. The maximum atomic E-state index is 13.3. The Hall–Kier alpha value is -3.47. The van der Waals surface area contributed by atoms with Gasteiger partial charge in [-0.2, -0.15) is 0 Å². The molecule has 0 aliphatic carbocycles. The summed E-state index contributed by atoms with van der Waals surface area (Å²) in [6.07, 6.45) is 9.21. The fraction of sp³-hybridized carbons (Fsp3) is 0.472. The third kappa shape index (κ3) is 5.56. The van der Waals surface area contributed by atoms with Gasteiger partial charge in [0.2, 0.25) is 0 Å². The van der Waals surface area contributed by atoms with Gasteiger partial charge in [0.05, 0.1) is 5.56 Å². The monoisotopic (exact) mass is 554 g/mol. The minimum Gasteiger partial charge on any atom is -0.456 e. The number of anilines is 2. The number of rotatable bonds is 14. The van der Waals surface area contributed by atoms with Crippen LogP contribution in [-0.2, 0) is 10.3 Å². The molecule has 5 heteroatoms. The summed E-state index contributed by atoms with van der Waals surface area (Å²) in [6, 6.07) is 20.7. The number of nitrogens with zero attached hydrogens (tertiary/aromatic N) is 2. The molecule has 5 rings (SSSR count). The average Bonchev–Trinajstić information content (AvgIpc) is 3.29. The lowest BCUT2D eigenvalue weighted by Gasteiger charge is -2.38. The molecule has 0 amide bonds. The smallest absolute Gasteiger partial charge is 0.340 e. The van der Waals surface area contributed by atoms with E-state index in [2.05, 4.69) is 73.9 Å². The third-order valence-corrected chi connectivity index (χ3v) is 8.54. The number of unbranched alkanes of at least 4 members (excludes halogenated alkanes) is 4. The zero-order valence-electron chi connectivity index (χ0n) is 25.4. The van der Waals surface area contributed by atoms with Crippen molar-refractivity contribution in [3.05, 3.63) is 82.9 Å². The Labute approximate surface area is 246 Å². The third-order valence-electron chi connectivity index (χ3n) is 8.54. The van der Waals surface area contributed by atoms with E-state index in [1.807, 2.05) is 24.3 Å². The first-order chi connectivity index (χ1) is 20.1. The molecule has 218 valence electrons. The van der Waals surface area contributed by atoms with Gasteiger partial charge in [-0.25, -0.2) is 4.79 Å². The number of ether oxygens (including phenoxy) is 2. The van der Waals surface area contributed by atoms with E-state index in [0.29, 0.717) is 5.56 Å². The molecule has 0 saturated carbocycles. The lowest BCUT2D eigenvalue weighted by atomic mass is 9.77. The number of carbonyl (C=O) groups is 1. The van der Waals surface area contributed by atoms with Crippen molar-refractivity contribution in [2.24, 2.45) is 0 Å². The summed E-state index contributed by atoms with van der Waals surface area (Å²) in [5.41, 5.74) is 4.58. The van der Waals surface area contributed by atoms with Gasteiger partial charge >= 0.3 is 5.97 Å². The minimum atomic E-state index is -1.02. The topological polar surface area (TPSA) is 42.0 Å². The van der Waals surface area contributed by atoms with Crippen molar-refractivity contribution in [3.63, 3.8) is 0 Å². The molecule has 0 saturated heterocycles. The van der Waals surface area contributed by atoms with Crippen molar-refractivity contribution < 1.29 is 14.3 Å². The molecule has 0 bridgehead atoms. The van der Waals surface area contributed by atoms with Crippen LogP contribution in [0.2, 0.25) is 0 Å². The summed E-state index contributed by atoms with van der Waals surface area (Å²) in [5, 5.41) is 0. The van der Waals surface area contributed by atoms with Crippen LogP contribution in [0.3, 0.4) is 0 Å². The van der Waals surface area contributed by atoms with Crippen LogP contribution in [0.5, 0.6) is 11.5 Å². The SMILES string of the molecule is CCCCN(CCCC)c1ccc2c(c1)Oc1cc(N(CCCC)CCCC)ccc1C21OC(=O)c2ccccc21. The molecule has 0 aromatic heterocycles. The Kier molecular flexibility index (Phi) is 9.22. The summed E-state index contributed by atoms with van der Waals surface area (Å²) >= 11 is 0. The van der Waals surface area contributed by atoms with Crippen LogP contribution in [0.4, 0.5) is 11.4 Å². The fourth-order valence-corrected chi connectivity index (χ4v) is 6.18. The number of benzene rings is 3. The molecule has 3 aromatic rings. The first-order valence-electron chi connectivity index (χ1n) is 15.9. The average molecular weight is 555 g/mol. The Morgan fingerprint density at radius 3 is 1.54 bits per heavy atom. The summed E-state index contributed by atoms with van der Waals surface area (Å²) < 4.78 is 13.2. The number of hydrogen-bond donors (Lipinski definition) is 0. The zero-order chi connectivity index (χ0) is 28.8. The standard InChI is InChI=1S/C36H46N2O3/c1-5-9-21-37(22-10-6-2)27-17-19-31-33(25-27)40-34-26-28(38(23-11-7-3)24-12-8-4)18-20-32(34)36(31)30-16-14-13-15-29(30)35(39)41-36/h13-20,25-26H,5-12,21-24H2,1-4H3. The first-order valence-corrected chi connectivity index (χ1v) is 15.9. The van der Waals surface area contributed by atoms with Crippen molar-refractivity contribution in [2.45, 2.75) is 84.7 Å². The van der Waals surface area contributed by atoms with Crippen LogP contribution >= 0.6 is 0 Å². The van der Waals surface area contributed by atoms with Crippen LogP contribution in [0, 0.1) is 0 Å². The van der Waals surface area contributed by atoms with Crippen molar-refractivity contribution in [1.29, 1.82) is 0 Å². The van der Waals surface area contributed by atoms with Crippen molar-refractivity contribution in [1.82, 2.24) is 0 Å². The van der Waals surface area contributed by atoms with Gasteiger partial charge in [-0.15, -0.1) is 0 Å². The molecular formula is C36H46N2O3. The maximum Gasteiger partial charge on any atom is 0.340 e. The summed E-state index contributed by atoms with van der Waals surface area (Å²) in [4.78, 5) is 18.2. The quantitative estimate of drug-likeness (QED) is 0.186. The Balaban J connectivity index is 1.64. The molecule has 1 spiro atoms. The lowest BCUT2D eigenvalue weighted by molar-refractivity contribution is 0.0224. The van der Waals surface area contributed by atoms with Crippen LogP contribution in [-0.4, -0.2) is 32.1 Å². The van der Waals surface area contributed by atoms with Gasteiger partial charge in [-0.3, -0.25) is 0 Å². The van der Waals surface area contributed by atoms with E-state index >= 15 is 0 Å². The van der Waals surface area contributed by atoms with E-state index in [0.717, 1.165) is 117 Å². The molecule has 0 atom stereocenters. The van der Waals surface area contributed by atoms with Crippen LogP contribution in [0.25, 0.3) is 0 Å². The molecule has 0 unspecified atom stereocenters. The van der Waals surface area contributed by atoms with Crippen molar-refractivity contribution in [2.75, 3.05) is 36.0 Å². The number of hydrogen-bond acceptors (Lipinski definition) is 5. The number of esters is 1. The lowest BCUT2D eigenvalue weighted by Crippen LogP contribution is -2.34. The molecule has 41 heavy (non-hydrogen) atoms. The highest BCUT2D eigenvalue weighted by Crippen LogP contribution is 2.57. The van der Waals surface area contributed by atoms with Crippen molar-refractivity contribution >= 4 is 17.3 Å². The maximum absolute atomic E-state index is 13.3. The Morgan fingerprint density at radius 1 is 0.610 bits per heavy atom. The van der Waals surface area contributed by atoms with E-state index in [1.54, 1.807) is 0 Å². The first kappa shape index (κ1) is 29.0. The van der Waals surface area contributed by atoms with Gasteiger partial charge in [0.15, 0.2) is 5.60 Å².